The zero-order valence-corrected chi connectivity index (χ0v) is 7.24. The first-order valence-electron chi connectivity index (χ1n) is 2.23. The summed E-state index contributed by atoms with van der Waals surface area (Å²) in [6.07, 6.45) is 5.89. The van der Waals surface area contributed by atoms with Gasteiger partial charge in [-0.2, -0.15) is 0 Å². The van der Waals surface area contributed by atoms with E-state index in [9.17, 15) is 0 Å². The predicted octanol–water partition coefficient (Wildman–Crippen LogP) is 2.75. The molecule has 0 amide bonds. The van der Waals surface area contributed by atoms with Crippen molar-refractivity contribution < 1.29 is 0 Å². The van der Waals surface area contributed by atoms with E-state index >= 15 is 0 Å². The summed E-state index contributed by atoms with van der Waals surface area (Å²) in [5.41, 5.74) is 2.97. The van der Waals surface area contributed by atoms with Crippen molar-refractivity contribution >= 4 is 31.9 Å². The summed E-state index contributed by atoms with van der Waals surface area (Å²) < 4.78 is 1.09. The molecule has 1 unspecified atom stereocenters. The minimum atomic E-state index is 0.349. The molecular weight excluding hydrogens is 232 g/mol. The van der Waals surface area contributed by atoms with Gasteiger partial charge in [-0.25, -0.2) is 0 Å². The molecule has 0 saturated carbocycles. The van der Waals surface area contributed by atoms with Gasteiger partial charge in [0.1, 0.15) is 0 Å². The van der Waals surface area contributed by atoms with Crippen molar-refractivity contribution in [1.82, 2.24) is 0 Å². The van der Waals surface area contributed by atoms with Gasteiger partial charge in [-0.05, 0) is 12.2 Å². The minimum Gasteiger partial charge on any atom is -0.123 e. The van der Waals surface area contributed by atoms with Gasteiger partial charge in [0.25, 0.3) is 0 Å². The fraction of sp³-hybridized carbons (Fsp3) is 0.167. The highest BCUT2D eigenvalue weighted by atomic mass is 79.9. The molecule has 1 aliphatic carbocycles. The summed E-state index contributed by atoms with van der Waals surface area (Å²) in [4.78, 5) is 0.349. The lowest BCUT2D eigenvalue weighted by Crippen LogP contribution is -1.87. The van der Waals surface area contributed by atoms with Crippen molar-refractivity contribution in [3.63, 3.8) is 0 Å². The Bertz CT molecular complexity index is 173. The maximum absolute atomic E-state index is 3.38. The van der Waals surface area contributed by atoms with Gasteiger partial charge in [0.2, 0.25) is 0 Å². The van der Waals surface area contributed by atoms with Gasteiger partial charge in [-0.1, -0.05) is 37.9 Å². The van der Waals surface area contributed by atoms with Gasteiger partial charge in [0.05, 0.1) is 4.83 Å². The van der Waals surface area contributed by atoms with Crippen molar-refractivity contribution in [2.24, 2.45) is 0 Å². The zero-order valence-electron chi connectivity index (χ0n) is 4.07. The highest BCUT2D eigenvalue weighted by Gasteiger charge is 1.96. The molecule has 1 atom stereocenters. The van der Waals surface area contributed by atoms with E-state index in [0.717, 1.165) is 4.48 Å². The van der Waals surface area contributed by atoms with E-state index in [1.807, 2.05) is 12.2 Å². The van der Waals surface area contributed by atoms with Crippen molar-refractivity contribution in [3.8, 4) is 0 Å². The molecule has 0 saturated heterocycles. The van der Waals surface area contributed by atoms with Crippen molar-refractivity contribution in [2.75, 3.05) is 0 Å². The summed E-state index contributed by atoms with van der Waals surface area (Å²) in [7, 11) is 0. The Morgan fingerprint density at radius 1 is 1.62 bits per heavy atom. The molecule has 0 aromatic heterocycles. The second-order valence-electron chi connectivity index (χ2n) is 1.47. The van der Waals surface area contributed by atoms with Gasteiger partial charge in [-0.15, -0.1) is 5.73 Å². The molecule has 0 aliphatic heterocycles. The molecule has 0 N–H and O–H groups in total. The van der Waals surface area contributed by atoms with E-state index in [1.54, 1.807) is 0 Å². The number of hydrogen-bond donors (Lipinski definition) is 0. The monoisotopic (exact) mass is 234 g/mol. The Kier molecular flexibility index (Phi) is 2.12. The van der Waals surface area contributed by atoms with Gasteiger partial charge >= 0.3 is 0 Å². The van der Waals surface area contributed by atoms with Crippen molar-refractivity contribution in [3.05, 3.63) is 28.4 Å². The van der Waals surface area contributed by atoms with Crippen LogP contribution in [0.15, 0.2) is 28.4 Å². The van der Waals surface area contributed by atoms with Gasteiger partial charge in [0, 0.05) is 4.48 Å². The van der Waals surface area contributed by atoms with Crippen LogP contribution in [0.25, 0.3) is 0 Å². The Balaban J connectivity index is 2.86. The molecule has 0 heterocycles. The van der Waals surface area contributed by atoms with Crippen LogP contribution >= 0.6 is 31.9 Å². The Morgan fingerprint density at radius 3 is 2.75 bits per heavy atom. The van der Waals surface area contributed by atoms with Crippen LogP contribution in [-0.4, -0.2) is 4.83 Å². The number of rotatable bonds is 0. The Hall–Kier alpha value is 0.220. The van der Waals surface area contributed by atoms with E-state index in [2.05, 4.69) is 43.7 Å². The van der Waals surface area contributed by atoms with Crippen LogP contribution in [0.1, 0.15) is 0 Å². The van der Waals surface area contributed by atoms with Crippen LogP contribution in [0.2, 0.25) is 0 Å². The summed E-state index contributed by atoms with van der Waals surface area (Å²) in [6.45, 7) is 0. The molecule has 0 bridgehead atoms. The van der Waals surface area contributed by atoms with E-state index in [4.69, 9.17) is 0 Å². The van der Waals surface area contributed by atoms with Crippen molar-refractivity contribution in [2.45, 2.75) is 4.83 Å². The molecular formula is C6H4Br2. The third kappa shape index (κ3) is 1.62. The topological polar surface area (TPSA) is 0 Å². The number of hydrogen-bond acceptors (Lipinski definition) is 0. The van der Waals surface area contributed by atoms with Crippen LogP contribution in [0, 0.1) is 0 Å². The summed E-state index contributed by atoms with van der Waals surface area (Å²) in [6, 6.07) is 0. The molecule has 42 valence electrons. The molecule has 0 spiro atoms. The molecule has 0 nitrogen and oxygen atoms in total. The van der Waals surface area contributed by atoms with Crippen LogP contribution < -0.4 is 0 Å². The van der Waals surface area contributed by atoms with Crippen LogP contribution in [0.4, 0.5) is 0 Å². The van der Waals surface area contributed by atoms with Gasteiger partial charge in [0.15, 0.2) is 0 Å². The molecule has 1 rings (SSSR count). The molecule has 2 heteroatoms. The summed E-state index contributed by atoms with van der Waals surface area (Å²) in [5, 5.41) is 0. The first-order chi connectivity index (χ1) is 3.79. The first-order valence-corrected chi connectivity index (χ1v) is 3.94. The highest BCUT2D eigenvalue weighted by molar-refractivity contribution is 9.12. The maximum atomic E-state index is 3.38. The maximum Gasteiger partial charge on any atom is 0.0593 e. The number of halogens is 2. The average Bonchev–Trinajstić information content (AvgIpc) is 1.64. The molecule has 0 fully saturated rings. The fourth-order valence-corrected chi connectivity index (χ4v) is 1.68. The van der Waals surface area contributed by atoms with Crippen LogP contribution in [0.3, 0.4) is 0 Å². The first kappa shape index (κ1) is 6.34. The second kappa shape index (κ2) is 2.67. The minimum absolute atomic E-state index is 0.349. The van der Waals surface area contributed by atoms with Crippen molar-refractivity contribution in [1.29, 1.82) is 0 Å². The van der Waals surface area contributed by atoms with E-state index < -0.39 is 0 Å². The molecule has 0 radical (unpaired) electrons. The molecule has 0 aromatic rings. The van der Waals surface area contributed by atoms with Gasteiger partial charge in [-0.3, -0.25) is 0 Å². The normalized spacial score (nSPS) is 25.8. The zero-order chi connectivity index (χ0) is 5.98. The number of alkyl halides is 1. The summed E-state index contributed by atoms with van der Waals surface area (Å²) >= 11 is 6.71. The molecule has 8 heavy (non-hydrogen) atoms. The lowest BCUT2D eigenvalue weighted by molar-refractivity contribution is 1.43. The standard InChI is InChI=1S/C6H4Br2/c7-5-2-1-3-6(8)4-5/h2-5H. The lowest BCUT2D eigenvalue weighted by Gasteiger charge is -1.97. The Labute approximate surface area is 65.2 Å². The van der Waals surface area contributed by atoms with E-state index in [1.165, 1.54) is 0 Å². The quantitative estimate of drug-likeness (QED) is 0.448. The Morgan fingerprint density at radius 2 is 2.38 bits per heavy atom. The SMILES string of the molecule is BrC1=CC(Br)C=C=C1. The van der Waals surface area contributed by atoms with Crippen LogP contribution in [-0.2, 0) is 0 Å². The van der Waals surface area contributed by atoms with E-state index in [-0.39, 0.29) is 0 Å². The molecule has 1 aliphatic rings. The third-order valence-corrected chi connectivity index (χ3v) is 1.82. The molecule has 0 aromatic carbocycles. The number of allylic oxidation sites excluding steroid dienone is 3. The van der Waals surface area contributed by atoms with Gasteiger partial charge < -0.3 is 0 Å². The largest absolute Gasteiger partial charge is 0.123 e. The predicted molar refractivity (Wildman–Crippen MR) is 42.4 cm³/mol. The highest BCUT2D eigenvalue weighted by Crippen LogP contribution is 2.15. The average molecular weight is 236 g/mol. The second-order valence-corrected chi connectivity index (χ2v) is 3.45. The summed E-state index contributed by atoms with van der Waals surface area (Å²) in [5.74, 6) is 0. The van der Waals surface area contributed by atoms with Crippen LogP contribution in [0.5, 0.6) is 0 Å². The van der Waals surface area contributed by atoms with E-state index in [0.29, 0.717) is 4.83 Å². The smallest absolute Gasteiger partial charge is 0.0593 e. The lowest BCUT2D eigenvalue weighted by atomic mass is 10.3. The third-order valence-electron chi connectivity index (χ3n) is 0.795. The fourth-order valence-electron chi connectivity index (χ4n) is 0.468.